The number of rotatable bonds is 2. The van der Waals surface area contributed by atoms with Gasteiger partial charge in [0.05, 0.1) is 16.7 Å². The maximum atomic E-state index is 11.0. The van der Waals surface area contributed by atoms with Crippen LogP contribution < -0.4 is 5.69 Å². The Kier molecular flexibility index (Phi) is 2.29. The minimum atomic E-state index is -0.205. The van der Waals surface area contributed by atoms with Crippen molar-refractivity contribution in [3.63, 3.8) is 0 Å². The number of nitrogens with one attached hydrogen (secondary N) is 2. The fourth-order valence-electron chi connectivity index (χ4n) is 1.45. The van der Waals surface area contributed by atoms with E-state index in [4.69, 9.17) is 0 Å². The largest absolute Gasteiger partial charge is 0.399 e. The number of nitrogens with zero attached hydrogens (tertiary/aromatic N) is 1. The highest BCUT2D eigenvalue weighted by Crippen LogP contribution is 2.11. The van der Waals surface area contributed by atoms with E-state index in [9.17, 15) is 4.79 Å². The molecule has 0 saturated heterocycles. The molecule has 0 bridgehead atoms. The number of fused-ring (bicyclic) bond motifs is 1. The van der Waals surface area contributed by atoms with Crippen molar-refractivity contribution in [3.8, 4) is 0 Å². The summed E-state index contributed by atoms with van der Waals surface area (Å²) in [5, 5.41) is 3.82. The van der Waals surface area contributed by atoms with Gasteiger partial charge in [-0.05, 0) is 19.1 Å². The molecule has 5 nitrogen and oxygen atoms in total. The number of benzene rings is 1. The zero-order valence-corrected chi connectivity index (χ0v) is 8.50. The molecule has 2 rings (SSSR count). The second-order valence-electron chi connectivity index (χ2n) is 3.20. The third-order valence-corrected chi connectivity index (χ3v) is 2.16. The highest BCUT2D eigenvalue weighted by atomic mass is 16.6. The molecule has 0 amide bonds. The average molecular weight is 205 g/mol. The van der Waals surface area contributed by atoms with Crippen LogP contribution in [-0.4, -0.2) is 22.8 Å². The van der Waals surface area contributed by atoms with Crippen molar-refractivity contribution in [1.29, 1.82) is 0 Å². The van der Waals surface area contributed by atoms with Crippen LogP contribution in [0.15, 0.2) is 28.1 Å². The number of hydrogen-bond donors (Lipinski definition) is 2. The maximum absolute atomic E-state index is 11.0. The molecule has 2 aromatic rings. The average Bonchev–Trinajstić information content (AvgIpc) is 2.57. The van der Waals surface area contributed by atoms with E-state index in [0.29, 0.717) is 0 Å². The molecule has 2 N–H and O–H groups in total. The van der Waals surface area contributed by atoms with Crippen LogP contribution >= 0.6 is 0 Å². The van der Waals surface area contributed by atoms with Gasteiger partial charge in [-0.2, -0.15) is 0 Å². The molecule has 0 radical (unpaired) electrons. The maximum Gasteiger partial charge on any atom is 0.323 e. The van der Waals surface area contributed by atoms with E-state index in [1.165, 1.54) is 7.11 Å². The summed E-state index contributed by atoms with van der Waals surface area (Å²) < 4.78 is 0. The van der Waals surface area contributed by atoms with E-state index in [2.05, 4.69) is 20.0 Å². The third kappa shape index (κ3) is 1.76. The quantitative estimate of drug-likeness (QED) is 0.571. The van der Waals surface area contributed by atoms with Gasteiger partial charge in [-0.3, -0.25) is 0 Å². The Morgan fingerprint density at radius 2 is 2.07 bits per heavy atom. The summed E-state index contributed by atoms with van der Waals surface area (Å²) in [5.74, 6) is 0. The Morgan fingerprint density at radius 3 is 2.80 bits per heavy atom. The summed E-state index contributed by atoms with van der Waals surface area (Å²) in [4.78, 5) is 21.1. The zero-order chi connectivity index (χ0) is 10.8. The van der Waals surface area contributed by atoms with Gasteiger partial charge in [0.25, 0.3) is 0 Å². The van der Waals surface area contributed by atoms with Crippen molar-refractivity contribution < 1.29 is 4.84 Å². The number of imidazole rings is 1. The number of aromatic nitrogens is 2. The Morgan fingerprint density at radius 1 is 1.33 bits per heavy atom. The van der Waals surface area contributed by atoms with Gasteiger partial charge in [-0.15, -0.1) is 0 Å². The lowest BCUT2D eigenvalue weighted by atomic mass is 10.1. The molecular weight excluding hydrogens is 194 g/mol. The van der Waals surface area contributed by atoms with Crippen molar-refractivity contribution >= 4 is 16.7 Å². The molecule has 1 aromatic carbocycles. The van der Waals surface area contributed by atoms with E-state index in [1.807, 2.05) is 25.1 Å². The lowest BCUT2D eigenvalue weighted by molar-refractivity contribution is 0.213. The predicted octanol–water partition coefficient (Wildman–Crippen LogP) is 1.23. The normalized spacial score (nSPS) is 12.0. The van der Waals surface area contributed by atoms with Crippen LogP contribution in [0, 0.1) is 0 Å². The summed E-state index contributed by atoms with van der Waals surface area (Å²) in [6.45, 7) is 1.84. The number of oxime groups is 1. The minimum absolute atomic E-state index is 0.205. The Hall–Kier alpha value is -2.04. The molecule has 0 atom stereocenters. The van der Waals surface area contributed by atoms with Crippen LogP contribution in [0.2, 0.25) is 0 Å². The fraction of sp³-hybridized carbons (Fsp3) is 0.200. The van der Waals surface area contributed by atoms with Crippen LogP contribution in [-0.2, 0) is 4.84 Å². The van der Waals surface area contributed by atoms with Crippen LogP contribution in [0.3, 0.4) is 0 Å². The summed E-state index contributed by atoms with van der Waals surface area (Å²) in [6, 6.07) is 5.56. The smallest absolute Gasteiger partial charge is 0.323 e. The topological polar surface area (TPSA) is 70.2 Å². The van der Waals surface area contributed by atoms with Crippen LogP contribution in [0.5, 0.6) is 0 Å². The molecule has 5 heteroatoms. The van der Waals surface area contributed by atoms with Gasteiger partial charge in [0.2, 0.25) is 0 Å². The van der Waals surface area contributed by atoms with Gasteiger partial charge >= 0.3 is 5.69 Å². The first kappa shape index (κ1) is 9.51. The van der Waals surface area contributed by atoms with Crippen LogP contribution in [0.1, 0.15) is 12.5 Å². The van der Waals surface area contributed by atoms with E-state index in [-0.39, 0.29) is 5.69 Å². The van der Waals surface area contributed by atoms with E-state index in [0.717, 1.165) is 22.3 Å². The third-order valence-electron chi connectivity index (χ3n) is 2.16. The molecule has 0 spiro atoms. The monoisotopic (exact) mass is 205 g/mol. The number of aromatic amines is 2. The fourth-order valence-corrected chi connectivity index (χ4v) is 1.45. The van der Waals surface area contributed by atoms with Crippen molar-refractivity contribution in [1.82, 2.24) is 9.97 Å². The number of hydrogen-bond acceptors (Lipinski definition) is 3. The van der Waals surface area contributed by atoms with E-state index in [1.54, 1.807) is 0 Å². The van der Waals surface area contributed by atoms with Crippen molar-refractivity contribution in [2.75, 3.05) is 7.11 Å². The SMILES string of the molecule is CO/N=C(\C)c1ccc2[nH]c(=O)[nH]c2c1. The van der Waals surface area contributed by atoms with Crippen LogP contribution in [0.4, 0.5) is 0 Å². The first-order valence-electron chi connectivity index (χ1n) is 4.51. The molecule has 78 valence electrons. The summed E-state index contributed by atoms with van der Waals surface area (Å²) in [6.07, 6.45) is 0. The van der Waals surface area contributed by atoms with Crippen molar-refractivity contribution in [2.24, 2.45) is 5.16 Å². The van der Waals surface area contributed by atoms with Gasteiger partial charge in [0.15, 0.2) is 0 Å². The highest BCUT2D eigenvalue weighted by molar-refractivity contribution is 6.00. The van der Waals surface area contributed by atoms with Crippen LogP contribution in [0.25, 0.3) is 11.0 Å². The summed E-state index contributed by atoms with van der Waals surface area (Å²) in [5.41, 5.74) is 3.03. The summed E-state index contributed by atoms with van der Waals surface area (Å²) >= 11 is 0. The minimum Gasteiger partial charge on any atom is -0.399 e. The van der Waals surface area contributed by atoms with Gasteiger partial charge in [0.1, 0.15) is 7.11 Å². The first-order chi connectivity index (χ1) is 7.20. The number of H-pyrrole nitrogens is 2. The Bertz CT molecular complexity index is 565. The lowest BCUT2D eigenvalue weighted by Crippen LogP contribution is -1.99. The zero-order valence-electron chi connectivity index (χ0n) is 8.50. The van der Waals surface area contributed by atoms with Crippen molar-refractivity contribution in [2.45, 2.75) is 6.92 Å². The van der Waals surface area contributed by atoms with Gasteiger partial charge < -0.3 is 14.8 Å². The molecule has 0 aliphatic carbocycles. The van der Waals surface area contributed by atoms with Gasteiger partial charge in [-0.25, -0.2) is 4.79 Å². The van der Waals surface area contributed by atoms with Crippen molar-refractivity contribution in [3.05, 3.63) is 34.2 Å². The van der Waals surface area contributed by atoms with Gasteiger partial charge in [0, 0.05) is 5.56 Å². The lowest BCUT2D eigenvalue weighted by Gasteiger charge is -1.99. The standard InChI is InChI=1S/C10H11N3O2/c1-6(13-15-2)7-3-4-8-9(5-7)12-10(14)11-8/h3-5H,1-2H3,(H2,11,12,14)/b13-6+. The molecule has 0 saturated carbocycles. The predicted molar refractivity (Wildman–Crippen MR) is 58.1 cm³/mol. The molecule has 0 fully saturated rings. The molecule has 15 heavy (non-hydrogen) atoms. The Balaban J connectivity index is 2.55. The molecule has 0 aliphatic heterocycles. The first-order valence-corrected chi connectivity index (χ1v) is 4.51. The van der Waals surface area contributed by atoms with E-state index >= 15 is 0 Å². The molecule has 1 aromatic heterocycles. The molecule has 0 unspecified atom stereocenters. The molecular formula is C10H11N3O2. The highest BCUT2D eigenvalue weighted by Gasteiger charge is 2.02. The van der Waals surface area contributed by atoms with Gasteiger partial charge in [-0.1, -0.05) is 11.2 Å². The molecule has 0 aliphatic rings. The second-order valence-corrected chi connectivity index (χ2v) is 3.20. The second kappa shape index (κ2) is 3.61. The molecule has 1 heterocycles. The summed E-state index contributed by atoms with van der Waals surface area (Å²) in [7, 11) is 1.50. The Labute approximate surface area is 85.8 Å². The van der Waals surface area contributed by atoms with E-state index < -0.39 is 0 Å².